The Morgan fingerprint density at radius 1 is 0.396 bits per heavy atom. The highest BCUT2D eigenvalue weighted by Gasteiger charge is 2.21. The molecule has 2 heterocycles. The molecule has 0 amide bonds. The Kier molecular flexibility index (Phi) is 3.85. The van der Waals surface area contributed by atoms with Crippen molar-refractivity contribution in [3.05, 3.63) is 158 Å². The molecule has 0 saturated heterocycles. The third kappa shape index (κ3) is 3.46. The number of furan rings is 2. The van der Waals surface area contributed by atoms with Gasteiger partial charge in [-0.2, -0.15) is 0 Å². The van der Waals surface area contributed by atoms with Gasteiger partial charge in [0.25, 0.3) is 0 Å². The number of hydrogen-bond acceptors (Lipinski definition) is 2. The Morgan fingerprint density at radius 2 is 1.06 bits per heavy atom. The maximum absolute atomic E-state index is 9.46. The first-order valence-electron chi connectivity index (χ1n) is 19.8. The van der Waals surface area contributed by atoms with E-state index in [1.165, 1.54) is 0 Å². The van der Waals surface area contributed by atoms with E-state index in [-0.39, 0.29) is 51.3 Å². The topological polar surface area (TPSA) is 26.3 Å². The number of rotatable bonds is 2. The molecule has 48 heavy (non-hydrogen) atoms. The van der Waals surface area contributed by atoms with Gasteiger partial charge in [0.2, 0.25) is 0 Å². The fourth-order valence-corrected chi connectivity index (χ4v) is 7.65. The lowest BCUT2D eigenvalue weighted by atomic mass is 9.84. The summed E-state index contributed by atoms with van der Waals surface area (Å²) in [7, 11) is 0. The Bertz CT molecular complexity index is 3500. The van der Waals surface area contributed by atoms with Gasteiger partial charge in [0, 0.05) is 16.2 Å². The number of hydrogen-bond donors (Lipinski definition) is 0. The zero-order valence-corrected chi connectivity index (χ0v) is 25.2. The van der Waals surface area contributed by atoms with Gasteiger partial charge in [-0.15, -0.1) is 0 Å². The molecule has 2 heteroatoms. The van der Waals surface area contributed by atoms with Crippen molar-refractivity contribution in [3.8, 4) is 22.3 Å². The molecule has 0 atom stereocenters. The zero-order chi connectivity index (χ0) is 38.3. The van der Waals surface area contributed by atoms with Crippen LogP contribution in [0.5, 0.6) is 0 Å². The molecular weight excluding hydrogens is 585 g/mol. The molecule has 11 aromatic rings. The molecule has 0 N–H and O–H groups in total. The highest BCUT2D eigenvalue weighted by atomic mass is 16.3. The minimum atomic E-state index is -0.449. The normalized spacial score (nSPS) is 14.5. The van der Waals surface area contributed by atoms with Gasteiger partial charge in [-0.05, 0) is 95.7 Å². The van der Waals surface area contributed by atoms with Crippen molar-refractivity contribution >= 4 is 87.0 Å². The minimum absolute atomic E-state index is 0.149. The first-order chi connectivity index (χ1) is 27.1. The van der Waals surface area contributed by atoms with Crippen LogP contribution < -0.4 is 0 Å². The van der Waals surface area contributed by atoms with Gasteiger partial charge < -0.3 is 8.83 Å². The molecule has 2 nitrogen and oxygen atoms in total. The van der Waals surface area contributed by atoms with Gasteiger partial charge in [0.15, 0.2) is 0 Å². The van der Waals surface area contributed by atoms with Crippen LogP contribution in [0.4, 0.5) is 0 Å². The Labute approximate surface area is 286 Å². The molecular formula is C46H26O2. The van der Waals surface area contributed by atoms with Gasteiger partial charge in [-0.3, -0.25) is 0 Å². The third-order valence-corrected chi connectivity index (χ3v) is 9.68. The summed E-state index contributed by atoms with van der Waals surface area (Å²) in [5.41, 5.74) is 4.16. The van der Waals surface area contributed by atoms with Gasteiger partial charge in [-0.25, -0.2) is 0 Å². The SMILES string of the molecule is [2H]c1c([2H])c([2H])c2c(-c3cccc4ccc5ccccc5c34)c3c([2H])c([2H])c([2H])c([2H])c3c(-c3ccc4c(c3)oc3ccc5c6ccccc6oc5c34)c2c1[2H]. The fourth-order valence-electron chi connectivity index (χ4n) is 7.65. The van der Waals surface area contributed by atoms with Crippen LogP contribution in [0.15, 0.2) is 166 Å². The molecule has 0 aliphatic rings. The minimum Gasteiger partial charge on any atom is -0.456 e. The summed E-state index contributed by atoms with van der Waals surface area (Å²) in [6.45, 7) is 0. The molecule has 11 rings (SSSR count). The lowest BCUT2D eigenvalue weighted by molar-refractivity contribution is 0.663. The van der Waals surface area contributed by atoms with Crippen molar-refractivity contribution in [1.29, 1.82) is 0 Å². The highest BCUT2D eigenvalue weighted by molar-refractivity contribution is 6.27. The fraction of sp³-hybridized carbons (Fsp3) is 0. The second kappa shape index (κ2) is 9.57. The van der Waals surface area contributed by atoms with Crippen molar-refractivity contribution in [2.45, 2.75) is 0 Å². The van der Waals surface area contributed by atoms with E-state index in [1.807, 2.05) is 103 Å². The van der Waals surface area contributed by atoms with Crippen molar-refractivity contribution in [1.82, 2.24) is 0 Å². The van der Waals surface area contributed by atoms with Crippen LogP contribution >= 0.6 is 0 Å². The van der Waals surface area contributed by atoms with Crippen LogP contribution in [-0.4, -0.2) is 0 Å². The monoisotopic (exact) mass is 618 g/mol. The Hall–Kier alpha value is -6.38. The maximum Gasteiger partial charge on any atom is 0.147 e. The van der Waals surface area contributed by atoms with E-state index in [0.717, 1.165) is 48.7 Å². The summed E-state index contributed by atoms with van der Waals surface area (Å²) in [5, 5.41) is 7.66. The molecule has 0 bridgehead atoms. The predicted molar refractivity (Wildman–Crippen MR) is 202 cm³/mol. The molecule has 222 valence electrons. The zero-order valence-electron chi connectivity index (χ0n) is 33.2. The van der Waals surface area contributed by atoms with Crippen LogP contribution in [0.25, 0.3) is 109 Å². The molecule has 0 radical (unpaired) electrons. The lowest BCUT2D eigenvalue weighted by Crippen LogP contribution is -1.92. The van der Waals surface area contributed by atoms with Crippen molar-refractivity contribution < 1.29 is 19.8 Å². The molecule has 2 aromatic heterocycles. The van der Waals surface area contributed by atoms with E-state index < -0.39 is 24.2 Å². The van der Waals surface area contributed by atoms with Crippen LogP contribution in [0.2, 0.25) is 0 Å². The molecule has 0 unspecified atom stereocenters. The molecule has 0 spiro atoms. The molecule has 0 fully saturated rings. The summed E-state index contributed by atoms with van der Waals surface area (Å²) >= 11 is 0. The molecule has 0 aliphatic carbocycles. The molecule has 9 aromatic carbocycles. The number of para-hydroxylation sites is 1. The van der Waals surface area contributed by atoms with Gasteiger partial charge in [0.1, 0.15) is 22.3 Å². The summed E-state index contributed by atoms with van der Waals surface area (Å²) in [4.78, 5) is 0. The van der Waals surface area contributed by atoms with Crippen molar-refractivity contribution in [2.75, 3.05) is 0 Å². The summed E-state index contributed by atoms with van der Waals surface area (Å²) in [6.07, 6.45) is 0. The van der Waals surface area contributed by atoms with E-state index in [2.05, 4.69) is 0 Å². The molecule has 0 aliphatic heterocycles. The Balaban J connectivity index is 1.34. The van der Waals surface area contributed by atoms with E-state index >= 15 is 0 Å². The van der Waals surface area contributed by atoms with Crippen LogP contribution in [0.1, 0.15) is 11.0 Å². The highest BCUT2D eigenvalue weighted by Crippen LogP contribution is 2.47. The van der Waals surface area contributed by atoms with E-state index in [4.69, 9.17) is 14.3 Å². The van der Waals surface area contributed by atoms with E-state index in [1.54, 1.807) is 6.07 Å². The standard InChI is InChI=1S/C46H26O2/c1-2-12-30-27(10-1)20-21-28-11-9-18-38(42(28)30)44-34-16-5-3-14-32(34)43(33-15-4-6-17-35(33)44)29-22-23-37-41(26-29)47-40-25-24-36-31-13-7-8-19-39(31)48-46(36)45(37)40/h1-26H/i3D,4D,5D,6D,14D,15D,16D,17D. The first kappa shape index (κ1) is 19.3. The average molecular weight is 619 g/mol. The summed E-state index contributed by atoms with van der Waals surface area (Å²) in [6, 6.07) is 31.7. The largest absolute Gasteiger partial charge is 0.456 e. The van der Waals surface area contributed by atoms with Crippen LogP contribution in [-0.2, 0) is 0 Å². The van der Waals surface area contributed by atoms with Gasteiger partial charge in [0.05, 0.1) is 16.4 Å². The Morgan fingerprint density at radius 3 is 1.88 bits per heavy atom. The van der Waals surface area contributed by atoms with Crippen molar-refractivity contribution in [3.63, 3.8) is 0 Å². The first-order valence-corrected chi connectivity index (χ1v) is 15.8. The number of fused-ring (bicyclic) bond motifs is 12. The second-order valence-electron chi connectivity index (χ2n) is 12.2. The van der Waals surface area contributed by atoms with E-state index in [9.17, 15) is 5.48 Å². The number of benzene rings is 9. The molecule has 0 saturated carbocycles. The van der Waals surface area contributed by atoms with Crippen LogP contribution in [0.3, 0.4) is 0 Å². The van der Waals surface area contributed by atoms with E-state index in [0.29, 0.717) is 33.4 Å². The maximum atomic E-state index is 9.46. The summed E-state index contributed by atoms with van der Waals surface area (Å²) in [5.74, 6) is 0. The quantitative estimate of drug-likeness (QED) is 0.142. The van der Waals surface area contributed by atoms with Gasteiger partial charge >= 0.3 is 0 Å². The van der Waals surface area contributed by atoms with Crippen LogP contribution in [0, 0.1) is 0 Å². The smallest absolute Gasteiger partial charge is 0.147 e. The lowest BCUT2D eigenvalue weighted by Gasteiger charge is -2.19. The van der Waals surface area contributed by atoms with Gasteiger partial charge in [-0.1, -0.05) is 127 Å². The average Bonchev–Trinajstić information content (AvgIpc) is 3.80. The second-order valence-corrected chi connectivity index (χ2v) is 12.2. The predicted octanol–water partition coefficient (Wildman–Crippen LogP) is 13.4. The summed E-state index contributed by atoms with van der Waals surface area (Å²) < 4.78 is 86.1. The van der Waals surface area contributed by atoms with Crippen molar-refractivity contribution in [2.24, 2.45) is 0 Å². The third-order valence-electron chi connectivity index (χ3n) is 9.68.